The van der Waals surface area contributed by atoms with E-state index in [-0.39, 0.29) is 11.8 Å². The number of hydrogen-bond acceptors (Lipinski definition) is 2. The Morgan fingerprint density at radius 2 is 1.96 bits per heavy atom. The molecule has 1 aromatic carbocycles. The van der Waals surface area contributed by atoms with E-state index in [1.807, 2.05) is 18.2 Å². The van der Waals surface area contributed by atoms with Gasteiger partial charge in [-0.1, -0.05) is 31.9 Å². The standard InChI is InChI=1S/C21H31NO2/c1-5-15(3)13-18-14-19(11-12-20(18)24-4)22-21(23)17-9-7-16(6-2)8-10-17/h11-14,16-17H,5-10H2,1-4H3,(H,22,23)/b15-13+. The summed E-state index contributed by atoms with van der Waals surface area (Å²) < 4.78 is 5.43. The lowest BCUT2D eigenvalue weighted by atomic mass is 9.80. The van der Waals surface area contributed by atoms with Crippen LogP contribution in [0.15, 0.2) is 23.8 Å². The second-order valence-electron chi connectivity index (χ2n) is 6.92. The first-order chi connectivity index (χ1) is 11.6. The molecule has 0 spiro atoms. The van der Waals surface area contributed by atoms with Gasteiger partial charge in [-0.25, -0.2) is 0 Å². The monoisotopic (exact) mass is 329 g/mol. The highest BCUT2D eigenvalue weighted by Crippen LogP contribution is 2.32. The van der Waals surface area contributed by atoms with Crippen molar-refractivity contribution >= 4 is 17.7 Å². The third-order valence-electron chi connectivity index (χ3n) is 5.25. The Morgan fingerprint density at radius 3 is 2.54 bits per heavy atom. The van der Waals surface area contributed by atoms with Crippen LogP contribution in [0.2, 0.25) is 0 Å². The topological polar surface area (TPSA) is 38.3 Å². The van der Waals surface area contributed by atoms with E-state index in [9.17, 15) is 4.79 Å². The molecule has 1 N–H and O–H groups in total. The Kier molecular flexibility index (Phi) is 6.89. The normalized spacial score (nSPS) is 21.4. The van der Waals surface area contributed by atoms with E-state index in [0.717, 1.165) is 42.2 Å². The molecule has 1 fully saturated rings. The van der Waals surface area contributed by atoms with E-state index in [4.69, 9.17) is 4.74 Å². The van der Waals surface area contributed by atoms with E-state index in [2.05, 4.69) is 32.2 Å². The minimum Gasteiger partial charge on any atom is -0.496 e. The second-order valence-corrected chi connectivity index (χ2v) is 6.92. The molecule has 0 atom stereocenters. The van der Waals surface area contributed by atoms with E-state index >= 15 is 0 Å². The molecule has 0 bridgehead atoms. The summed E-state index contributed by atoms with van der Waals surface area (Å²) in [4.78, 5) is 12.5. The van der Waals surface area contributed by atoms with Crippen LogP contribution in [0.25, 0.3) is 6.08 Å². The summed E-state index contributed by atoms with van der Waals surface area (Å²) in [6.45, 7) is 6.49. The van der Waals surface area contributed by atoms with Crippen molar-refractivity contribution < 1.29 is 9.53 Å². The molecule has 0 aliphatic heterocycles. The summed E-state index contributed by atoms with van der Waals surface area (Å²) >= 11 is 0. The van der Waals surface area contributed by atoms with Crippen molar-refractivity contribution in [2.24, 2.45) is 11.8 Å². The van der Waals surface area contributed by atoms with E-state index < -0.39 is 0 Å². The Balaban J connectivity index is 2.07. The highest BCUT2D eigenvalue weighted by atomic mass is 16.5. The zero-order valence-corrected chi connectivity index (χ0v) is 15.5. The van der Waals surface area contributed by atoms with Crippen molar-refractivity contribution in [2.45, 2.75) is 59.3 Å². The number of methoxy groups -OCH3 is 1. The molecule has 0 aromatic heterocycles. The van der Waals surface area contributed by atoms with Crippen LogP contribution in [-0.2, 0) is 4.79 Å². The zero-order chi connectivity index (χ0) is 17.5. The van der Waals surface area contributed by atoms with Crippen molar-refractivity contribution in [2.75, 3.05) is 12.4 Å². The SMILES string of the molecule is CC/C(C)=C/c1cc(NC(=O)C2CCC(CC)CC2)ccc1OC. The lowest BCUT2D eigenvalue weighted by Crippen LogP contribution is -2.27. The van der Waals surface area contributed by atoms with Crippen LogP contribution >= 0.6 is 0 Å². The maximum absolute atomic E-state index is 12.5. The number of benzene rings is 1. The van der Waals surface area contributed by atoms with Gasteiger partial charge in [0.25, 0.3) is 0 Å². The fourth-order valence-electron chi connectivity index (χ4n) is 3.37. The van der Waals surface area contributed by atoms with Gasteiger partial charge in [0, 0.05) is 17.2 Å². The second kappa shape index (κ2) is 8.91. The van der Waals surface area contributed by atoms with Crippen molar-refractivity contribution in [1.82, 2.24) is 0 Å². The van der Waals surface area contributed by atoms with Crippen molar-refractivity contribution in [3.8, 4) is 5.75 Å². The van der Waals surface area contributed by atoms with Gasteiger partial charge in [0.1, 0.15) is 5.75 Å². The van der Waals surface area contributed by atoms with E-state index in [0.29, 0.717) is 0 Å². The predicted molar refractivity (Wildman–Crippen MR) is 101 cm³/mol. The lowest BCUT2D eigenvalue weighted by molar-refractivity contribution is -0.121. The number of ether oxygens (including phenoxy) is 1. The van der Waals surface area contributed by atoms with Gasteiger partial charge in [0.15, 0.2) is 0 Å². The zero-order valence-electron chi connectivity index (χ0n) is 15.5. The summed E-state index contributed by atoms with van der Waals surface area (Å²) in [7, 11) is 1.68. The molecule has 2 rings (SSSR count). The number of anilines is 1. The highest BCUT2D eigenvalue weighted by Gasteiger charge is 2.25. The van der Waals surface area contributed by atoms with Crippen LogP contribution in [0, 0.1) is 11.8 Å². The van der Waals surface area contributed by atoms with E-state index in [1.54, 1.807) is 7.11 Å². The van der Waals surface area contributed by atoms with Crippen molar-refractivity contribution in [1.29, 1.82) is 0 Å². The summed E-state index contributed by atoms with van der Waals surface area (Å²) in [5, 5.41) is 3.10. The van der Waals surface area contributed by atoms with Crippen LogP contribution in [0.1, 0.15) is 64.9 Å². The molecular formula is C21H31NO2. The summed E-state index contributed by atoms with van der Waals surface area (Å²) in [6.07, 6.45) is 8.76. The average Bonchev–Trinajstić information content (AvgIpc) is 2.62. The van der Waals surface area contributed by atoms with Crippen molar-refractivity contribution in [3.63, 3.8) is 0 Å². The molecule has 1 aliphatic rings. The van der Waals surface area contributed by atoms with Gasteiger partial charge in [0.2, 0.25) is 5.91 Å². The molecule has 132 valence electrons. The number of allylic oxidation sites excluding steroid dienone is 1. The van der Waals surface area contributed by atoms with Crippen LogP contribution < -0.4 is 10.1 Å². The van der Waals surface area contributed by atoms with Crippen molar-refractivity contribution in [3.05, 3.63) is 29.3 Å². The quantitative estimate of drug-likeness (QED) is 0.731. The highest BCUT2D eigenvalue weighted by molar-refractivity contribution is 5.93. The first-order valence-corrected chi connectivity index (χ1v) is 9.23. The minimum absolute atomic E-state index is 0.159. The molecule has 0 radical (unpaired) electrons. The fraction of sp³-hybridized carbons (Fsp3) is 0.571. The first-order valence-electron chi connectivity index (χ1n) is 9.23. The van der Waals surface area contributed by atoms with Crippen LogP contribution in [0.5, 0.6) is 5.75 Å². The minimum atomic E-state index is 0.159. The third-order valence-corrected chi connectivity index (χ3v) is 5.25. The van der Waals surface area contributed by atoms with Gasteiger partial charge in [0.05, 0.1) is 7.11 Å². The predicted octanol–water partition coefficient (Wildman–Crippen LogP) is 5.66. The molecule has 24 heavy (non-hydrogen) atoms. The molecule has 0 saturated heterocycles. The maximum Gasteiger partial charge on any atom is 0.227 e. The Hall–Kier alpha value is -1.77. The third kappa shape index (κ3) is 4.86. The summed E-state index contributed by atoms with van der Waals surface area (Å²) in [6, 6.07) is 5.86. The molecule has 1 amide bonds. The molecule has 0 unspecified atom stereocenters. The number of rotatable bonds is 6. The van der Waals surface area contributed by atoms with Gasteiger partial charge >= 0.3 is 0 Å². The van der Waals surface area contributed by atoms with E-state index in [1.165, 1.54) is 24.8 Å². The number of amides is 1. The van der Waals surface area contributed by atoms with Gasteiger partial charge in [-0.05, 0) is 63.1 Å². The molecule has 3 nitrogen and oxygen atoms in total. The fourth-order valence-corrected chi connectivity index (χ4v) is 3.37. The lowest BCUT2D eigenvalue weighted by Gasteiger charge is -2.27. The summed E-state index contributed by atoms with van der Waals surface area (Å²) in [5.74, 6) is 1.97. The molecule has 1 aromatic rings. The maximum atomic E-state index is 12.5. The van der Waals surface area contributed by atoms with Crippen LogP contribution in [0.4, 0.5) is 5.69 Å². The molecule has 0 heterocycles. The van der Waals surface area contributed by atoms with Gasteiger partial charge in [-0.2, -0.15) is 0 Å². The van der Waals surface area contributed by atoms with Gasteiger partial charge in [-0.15, -0.1) is 0 Å². The Labute approximate surface area is 146 Å². The number of nitrogens with one attached hydrogen (secondary N) is 1. The average molecular weight is 329 g/mol. The summed E-state index contributed by atoms with van der Waals surface area (Å²) in [5.41, 5.74) is 3.16. The molecular weight excluding hydrogens is 298 g/mol. The number of carbonyl (C=O) groups excluding carboxylic acids is 1. The molecule has 1 aliphatic carbocycles. The van der Waals surface area contributed by atoms with Gasteiger partial charge in [-0.3, -0.25) is 4.79 Å². The van der Waals surface area contributed by atoms with Crippen LogP contribution in [0.3, 0.4) is 0 Å². The van der Waals surface area contributed by atoms with Crippen LogP contribution in [-0.4, -0.2) is 13.0 Å². The Bertz CT molecular complexity index is 584. The smallest absolute Gasteiger partial charge is 0.227 e. The number of hydrogen-bond donors (Lipinski definition) is 1. The van der Waals surface area contributed by atoms with Gasteiger partial charge < -0.3 is 10.1 Å². The number of carbonyl (C=O) groups is 1. The first kappa shape index (κ1) is 18.6. The molecule has 3 heteroatoms. The Morgan fingerprint density at radius 1 is 1.25 bits per heavy atom. The largest absolute Gasteiger partial charge is 0.496 e. The molecule has 1 saturated carbocycles.